The van der Waals surface area contributed by atoms with Gasteiger partial charge in [-0.2, -0.15) is 0 Å². The van der Waals surface area contributed by atoms with Gasteiger partial charge in [-0.3, -0.25) is 0 Å². The van der Waals surface area contributed by atoms with Crippen molar-refractivity contribution < 1.29 is 17.2 Å². The van der Waals surface area contributed by atoms with Crippen molar-refractivity contribution in [2.75, 3.05) is 5.32 Å². The molecule has 0 bridgehead atoms. The first kappa shape index (κ1) is 23.7. The molecule has 1 N–H and O–H groups in total. The summed E-state index contributed by atoms with van der Waals surface area (Å²) in [6, 6.07) is 7.56. The fraction of sp³-hybridized carbons (Fsp3) is 0.130. The molecule has 4 aromatic rings. The van der Waals surface area contributed by atoms with Gasteiger partial charge in [-0.15, -0.1) is 0 Å². The van der Waals surface area contributed by atoms with Gasteiger partial charge in [0.05, 0.1) is 5.75 Å². The maximum atomic E-state index is 14.2. The number of rotatable bonds is 6. The number of anilines is 2. The fourth-order valence-corrected chi connectivity index (χ4v) is 5.21. The molecule has 0 unspecified atom stereocenters. The molecule has 0 aliphatic carbocycles. The van der Waals surface area contributed by atoms with Crippen LogP contribution in [0.3, 0.4) is 0 Å². The van der Waals surface area contributed by atoms with E-state index in [0.717, 1.165) is 17.8 Å². The van der Waals surface area contributed by atoms with Crippen LogP contribution < -0.4 is 5.32 Å². The summed E-state index contributed by atoms with van der Waals surface area (Å²) in [5.74, 6) is -1.79. The van der Waals surface area contributed by atoms with Gasteiger partial charge in [0.2, 0.25) is 5.95 Å². The number of nitrogens with zero attached hydrogens (tertiary/aromatic N) is 4. The molecule has 0 aliphatic rings. The average molecular weight is 502 g/mol. The number of aromatic nitrogens is 4. The van der Waals surface area contributed by atoms with Crippen LogP contribution in [-0.2, 0) is 15.6 Å². The van der Waals surface area contributed by atoms with Crippen LogP contribution in [0.4, 0.5) is 20.5 Å². The normalized spacial score (nSPS) is 11.4. The van der Waals surface area contributed by atoms with Gasteiger partial charge in [0.1, 0.15) is 27.5 Å². The Morgan fingerprint density at radius 3 is 2.50 bits per heavy atom. The highest BCUT2D eigenvalue weighted by molar-refractivity contribution is 7.90. The molecule has 34 heavy (non-hydrogen) atoms. The smallest absolute Gasteiger partial charge is 0.228 e. The van der Waals surface area contributed by atoms with Crippen LogP contribution in [0.2, 0.25) is 5.15 Å². The second kappa shape index (κ2) is 9.40. The van der Waals surface area contributed by atoms with Gasteiger partial charge >= 0.3 is 0 Å². The molecule has 3 aromatic heterocycles. The Hall–Kier alpha value is -3.50. The molecular formula is C23H18ClF2N5O2S. The van der Waals surface area contributed by atoms with Gasteiger partial charge < -0.3 is 5.32 Å². The molecule has 7 nitrogen and oxygen atoms in total. The third kappa shape index (κ3) is 5.02. The van der Waals surface area contributed by atoms with Crippen molar-refractivity contribution >= 4 is 33.2 Å². The van der Waals surface area contributed by atoms with E-state index in [9.17, 15) is 17.2 Å². The zero-order valence-corrected chi connectivity index (χ0v) is 19.6. The maximum absolute atomic E-state index is 14.2. The summed E-state index contributed by atoms with van der Waals surface area (Å²) < 4.78 is 53.2. The van der Waals surface area contributed by atoms with Gasteiger partial charge in [-0.1, -0.05) is 11.6 Å². The number of sulfone groups is 1. The molecule has 0 spiro atoms. The molecular weight excluding hydrogens is 484 g/mol. The number of pyridine rings is 2. The predicted molar refractivity (Wildman–Crippen MR) is 125 cm³/mol. The molecule has 0 radical (unpaired) electrons. The van der Waals surface area contributed by atoms with Crippen LogP contribution >= 0.6 is 11.6 Å². The standard InChI is InChI=1S/C23H18ClF2N5O2S/c1-13-5-7-28-23(30-13)31-21-9-15(6-8-27-21)17-11-29-22(24)18(14(17)2)12-34(32,33)20-4-3-16(25)10-19(20)26/h3-11H,12H2,1-2H3,(H,27,28,30,31). The first-order valence-corrected chi connectivity index (χ1v) is 12.0. The van der Waals surface area contributed by atoms with E-state index in [1.54, 1.807) is 37.5 Å². The number of nitrogens with one attached hydrogen (secondary N) is 1. The van der Waals surface area contributed by atoms with E-state index in [1.807, 2.05) is 6.92 Å². The zero-order valence-electron chi connectivity index (χ0n) is 18.1. The number of hydrogen-bond acceptors (Lipinski definition) is 7. The van der Waals surface area contributed by atoms with E-state index < -0.39 is 32.1 Å². The molecule has 4 rings (SSSR count). The Morgan fingerprint density at radius 1 is 1.00 bits per heavy atom. The lowest BCUT2D eigenvalue weighted by Gasteiger charge is -2.14. The molecule has 0 amide bonds. The van der Waals surface area contributed by atoms with E-state index >= 15 is 0 Å². The minimum atomic E-state index is -4.16. The summed E-state index contributed by atoms with van der Waals surface area (Å²) in [7, 11) is -4.16. The van der Waals surface area contributed by atoms with Crippen molar-refractivity contribution in [2.45, 2.75) is 24.5 Å². The predicted octanol–water partition coefficient (Wildman–Crippen LogP) is 5.20. The highest BCUT2D eigenvalue weighted by atomic mass is 35.5. The van der Waals surface area contributed by atoms with Crippen molar-refractivity contribution in [1.29, 1.82) is 0 Å². The Bertz CT molecular complexity index is 1500. The zero-order chi connectivity index (χ0) is 24.5. The second-order valence-corrected chi connectivity index (χ2v) is 9.79. The highest BCUT2D eigenvalue weighted by Gasteiger charge is 2.24. The lowest BCUT2D eigenvalue weighted by atomic mass is 10.0. The van der Waals surface area contributed by atoms with Gasteiger partial charge in [-0.25, -0.2) is 37.1 Å². The van der Waals surface area contributed by atoms with Crippen LogP contribution in [0.5, 0.6) is 0 Å². The summed E-state index contributed by atoms with van der Waals surface area (Å²) in [6.07, 6.45) is 4.72. The molecule has 3 heterocycles. The molecule has 0 saturated carbocycles. The third-order valence-corrected chi connectivity index (χ3v) is 7.08. The number of aryl methyl sites for hydroxylation is 1. The number of hydrogen-bond donors (Lipinski definition) is 1. The highest BCUT2D eigenvalue weighted by Crippen LogP contribution is 2.32. The van der Waals surface area contributed by atoms with Crippen LogP contribution in [0.15, 0.2) is 59.9 Å². The summed E-state index contributed by atoms with van der Waals surface area (Å²) in [6.45, 7) is 3.54. The fourth-order valence-electron chi connectivity index (χ4n) is 3.36. The summed E-state index contributed by atoms with van der Waals surface area (Å²) in [5, 5.41) is 3.00. The summed E-state index contributed by atoms with van der Waals surface area (Å²) >= 11 is 6.23. The van der Waals surface area contributed by atoms with Crippen LogP contribution in [0, 0.1) is 25.5 Å². The molecule has 174 valence electrons. The molecule has 0 fully saturated rings. The topological polar surface area (TPSA) is 97.7 Å². The van der Waals surface area contributed by atoms with Crippen molar-refractivity contribution in [2.24, 2.45) is 0 Å². The Kier molecular flexibility index (Phi) is 6.54. The van der Waals surface area contributed by atoms with Gasteiger partial charge in [0.15, 0.2) is 9.84 Å². The van der Waals surface area contributed by atoms with Crippen LogP contribution in [0.1, 0.15) is 16.8 Å². The summed E-state index contributed by atoms with van der Waals surface area (Å²) in [4.78, 5) is 16.2. The van der Waals surface area contributed by atoms with Crippen molar-refractivity contribution in [3.8, 4) is 11.1 Å². The van der Waals surface area contributed by atoms with Crippen LogP contribution in [-0.4, -0.2) is 28.4 Å². The molecule has 0 atom stereocenters. The van der Waals surface area contributed by atoms with E-state index in [2.05, 4.69) is 25.3 Å². The lowest BCUT2D eigenvalue weighted by molar-refractivity contribution is 0.548. The van der Waals surface area contributed by atoms with Crippen molar-refractivity contribution in [3.63, 3.8) is 0 Å². The number of benzene rings is 1. The number of halogens is 3. The van der Waals surface area contributed by atoms with Crippen LogP contribution in [0.25, 0.3) is 11.1 Å². The largest absolute Gasteiger partial charge is 0.309 e. The quantitative estimate of drug-likeness (QED) is 0.286. The van der Waals surface area contributed by atoms with Crippen molar-refractivity contribution in [1.82, 2.24) is 19.9 Å². The first-order valence-electron chi connectivity index (χ1n) is 9.99. The molecule has 0 saturated heterocycles. The van der Waals surface area contributed by atoms with E-state index in [-0.39, 0.29) is 10.7 Å². The lowest BCUT2D eigenvalue weighted by Crippen LogP contribution is -2.10. The van der Waals surface area contributed by atoms with E-state index in [4.69, 9.17) is 11.6 Å². The minimum Gasteiger partial charge on any atom is -0.309 e. The van der Waals surface area contributed by atoms with Crippen molar-refractivity contribution in [3.05, 3.63) is 88.6 Å². The van der Waals surface area contributed by atoms with Gasteiger partial charge in [-0.05, 0) is 55.3 Å². The Balaban J connectivity index is 1.69. The maximum Gasteiger partial charge on any atom is 0.228 e. The molecule has 0 aliphatic heterocycles. The van der Waals surface area contributed by atoms with E-state index in [1.165, 1.54) is 6.20 Å². The molecule has 11 heteroatoms. The first-order chi connectivity index (χ1) is 16.1. The molecule has 1 aromatic carbocycles. The third-order valence-electron chi connectivity index (χ3n) is 5.08. The Morgan fingerprint density at radius 2 is 1.76 bits per heavy atom. The Labute approximate surface area is 199 Å². The average Bonchev–Trinajstić information content (AvgIpc) is 2.76. The monoisotopic (exact) mass is 501 g/mol. The summed E-state index contributed by atoms with van der Waals surface area (Å²) in [5.41, 5.74) is 2.87. The SMILES string of the molecule is Cc1ccnc(Nc2cc(-c3cnc(Cl)c(CS(=O)(=O)c4ccc(F)cc4F)c3C)ccn2)n1. The second-order valence-electron chi connectivity index (χ2n) is 7.48. The van der Waals surface area contributed by atoms with E-state index in [0.29, 0.717) is 34.5 Å². The van der Waals surface area contributed by atoms with Gasteiger partial charge in [0.25, 0.3) is 0 Å². The minimum absolute atomic E-state index is 0.0205. The van der Waals surface area contributed by atoms with Gasteiger partial charge in [0, 0.05) is 41.5 Å².